The van der Waals surface area contributed by atoms with Crippen LogP contribution in [0, 0.1) is 0 Å². The molecule has 5 heteroatoms. The highest BCUT2D eigenvalue weighted by Gasteiger charge is 2.05. The molecule has 0 amide bonds. The zero-order chi connectivity index (χ0) is 10.7. The molecule has 0 aromatic carbocycles. The molecule has 0 saturated carbocycles. The van der Waals surface area contributed by atoms with Crippen LogP contribution >= 0.6 is 11.6 Å². The maximum Gasteiger partial charge on any atom is 0.222 e. The van der Waals surface area contributed by atoms with Crippen molar-refractivity contribution >= 4 is 17.3 Å². The molecule has 4 nitrogen and oxygen atoms in total. The van der Waals surface area contributed by atoms with E-state index in [1.54, 1.807) is 18.5 Å². The molecule has 76 valence electrons. The Labute approximate surface area is 92.2 Å². The van der Waals surface area contributed by atoms with Crippen molar-refractivity contribution in [2.45, 2.75) is 0 Å². The van der Waals surface area contributed by atoms with E-state index < -0.39 is 0 Å². The molecule has 0 bridgehead atoms. The Morgan fingerprint density at radius 2 is 2.27 bits per heavy atom. The average Bonchev–Trinajstić information content (AvgIpc) is 2.29. The number of dihydropyridines is 1. The van der Waals surface area contributed by atoms with Crippen molar-refractivity contribution in [3.8, 4) is 0 Å². The molecule has 1 aliphatic heterocycles. The molecule has 0 radical (unpaired) electrons. The van der Waals surface area contributed by atoms with Crippen LogP contribution in [0.2, 0.25) is 5.28 Å². The van der Waals surface area contributed by atoms with Crippen LogP contribution in [0.3, 0.4) is 0 Å². The van der Waals surface area contributed by atoms with Gasteiger partial charge in [0.15, 0.2) is 0 Å². The number of aromatic nitrogens is 2. The summed E-state index contributed by atoms with van der Waals surface area (Å²) in [5.41, 5.74) is 7.87. The molecule has 1 aliphatic rings. The van der Waals surface area contributed by atoms with Crippen molar-refractivity contribution in [1.82, 2.24) is 15.3 Å². The third kappa shape index (κ3) is 2.16. The second-order valence-corrected chi connectivity index (χ2v) is 3.24. The summed E-state index contributed by atoms with van der Waals surface area (Å²) in [7, 11) is 0. The van der Waals surface area contributed by atoms with Crippen molar-refractivity contribution in [3.63, 3.8) is 0 Å². The maximum atomic E-state index is 5.92. The van der Waals surface area contributed by atoms with E-state index in [-0.39, 0.29) is 5.28 Å². The summed E-state index contributed by atoms with van der Waals surface area (Å²) in [5.74, 6) is 0. The summed E-state index contributed by atoms with van der Waals surface area (Å²) in [4.78, 5) is 7.81. The minimum atomic E-state index is 0.186. The number of rotatable bonds is 1. The zero-order valence-corrected chi connectivity index (χ0v) is 8.57. The first-order chi connectivity index (χ1) is 7.27. The van der Waals surface area contributed by atoms with Crippen LogP contribution in [-0.2, 0) is 0 Å². The third-order valence-corrected chi connectivity index (χ3v) is 2.08. The van der Waals surface area contributed by atoms with Crippen LogP contribution in [-0.4, -0.2) is 9.97 Å². The fraction of sp³-hybridized carbons (Fsp3) is 0. The summed E-state index contributed by atoms with van der Waals surface area (Å²) in [5, 5.41) is 3.21. The van der Waals surface area contributed by atoms with Gasteiger partial charge in [-0.3, -0.25) is 0 Å². The molecule has 0 aliphatic carbocycles. The summed E-state index contributed by atoms with van der Waals surface area (Å²) >= 11 is 5.68. The SMILES string of the molecule is N/C(=C1\C=CC=CN1)c1ccnc(Cl)n1. The Morgan fingerprint density at radius 3 is 2.93 bits per heavy atom. The summed E-state index contributed by atoms with van der Waals surface area (Å²) in [6.07, 6.45) is 9.00. The van der Waals surface area contributed by atoms with E-state index in [0.717, 1.165) is 5.70 Å². The molecule has 3 N–H and O–H groups in total. The van der Waals surface area contributed by atoms with E-state index in [1.165, 1.54) is 0 Å². The molecule has 0 spiro atoms. The largest absolute Gasteiger partial charge is 0.395 e. The Hall–Kier alpha value is -1.81. The van der Waals surface area contributed by atoms with Crippen LogP contribution in [0.4, 0.5) is 0 Å². The molecule has 0 unspecified atom stereocenters. The van der Waals surface area contributed by atoms with Crippen LogP contribution in [0.5, 0.6) is 0 Å². The Kier molecular flexibility index (Phi) is 2.69. The second kappa shape index (κ2) is 4.14. The number of nitrogens with two attached hydrogens (primary N) is 1. The van der Waals surface area contributed by atoms with E-state index in [4.69, 9.17) is 17.3 Å². The predicted molar refractivity (Wildman–Crippen MR) is 59.6 cm³/mol. The number of hydrogen-bond donors (Lipinski definition) is 2. The monoisotopic (exact) mass is 220 g/mol. The lowest BCUT2D eigenvalue weighted by atomic mass is 10.2. The van der Waals surface area contributed by atoms with Crippen LogP contribution in [0.1, 0.15) is 5.69 Å². The van der Waals surface area contributed by atoms with Crippen molar-refractivity contribution in [3.05, 3.63) is 53.4 Å². The minimum Gasteiger partial charge on any atom is -0.395 e. The fourth-order valence-electron chi connectivity index (χ4n) is 1.18. The van der Waals surface area contributed by atoms with E-state index in [2.05, 4.69) is 15.3 Å². The van der Waals surface area contributed by atoms with Gasteiger partial charge in [0.05, 0.1) is 17.1 Å². The first kappa shape index (κ1) is 9.73. The minimum absolute atomic E-state index is 0.186. The normalized spacial score (nSPS) is 17.4. The Balaban J connectivity index is 2.39. The molecule has 15 heavy (non-hydrogen) atoms. The quantitative estimate of drug-likeness (QED) is 0.703. The van der Waals surface area contributed by atoms with Crippen LogP contribution in [0.15, 0.2) is 42.4 Å². The standard InChI is InChI=1S/C10H9ClN4/c11-10-14-6-4-8(15-10)9(12)7-3-1-2-5-13-7/h1-6,13H,12H2/b9-7+. The van der Waals surface area contributed by atoms with Crippen molar-refractivity contribution < 1.29 is 0 Å². The lowest BCUT2D eigenvalue weighted by Gasteiger charge is -2.09. The molecule has 2 rings (SSSR count). The number of nitrogens with one attached hydrogen (secondary N) is 1. The van der Waals surface area contributed by atoms with Gasteiger partial charge in [0.25, 0.3) is 0 Å². The van der Waals surface area contributed by atoms with Crippen molar-refractivity contribution in [2.75, 3.05) is 0 Å². The Bertz CT molecular complexity index is 462. The molecular weight excluding hydrogens is 212 g/mol. The molecule has 2 heterocycles. The van der Waals surface area contributed by atoms with E-state index >= 15 is 0 Å². The number of hydrogen-bond acceptors (Lipinski definition) is 4. The highest BCUT2D eigenvalue weighted by Crippen LogP contribution is 2.13. The van der Waals surface area contributed by atoms with Crippen LogP contribution < -0.4 is 11.1 Å². The van der Waals surface area contributed by atoms with Gasteiger partial charge in [0.1, 0.15) is 0 Å². The topological polar surface area (TPSA) is 63.8 Å². The second-order valence-electron chi connectivity index (χ2n) is 2.90. The molecule has 1 aromatic rings. The lowest BCUT2D eigenvalue weighted by Crippen LogP contribution is -2.13. The van der Waals surface area contributed by atoms with E-state index in [9.17, 15) is 0 Å². The number of allylic oxidation sites excluding steroid dienone is 3. The van der Waals surface area contributed by atoms with Crippen LogP contribution in [0.25, 0.3) is 5.70 Å². The molecule has 0 atom stereocenters. The van der Waals surface area contributed by atoms with Gasteiger partial charge in [0.2, 0.25) is 5.28 Å². The zero-order valence-electron chi connectivity index (χ0n) is 7.81. The van der Waals surface area contributed by atoms with Crippen molar-refractivity contribution in [1.29, 1.82) is 0 Å². The van der Waals surface area contributed by atoms with Gasteiger partial charge < -0.3 is 11.1 Å². The third-order valence-electron chi connectivity index (χ3n) is 1.90. The molecule has 1 aromatic heterocycles. The highest BCUT2D eigenvalue weighted by molar-refractivity contribution is 6.28. The smallest absolute Gasteiger partial charge is 0.222 e. The van der Waals surface area contributed by atoms with E-state index in [0.29, 0.717) is 11.4 Å². The van der Waals surface area contributed by atoms with Gasteiger partial charge in [-0.15, -0.1) is 0 Å². The van der Waals surface area contributed by atoms with Gasteiger partial charge in [0, 0.05) is 12.4 Å². The van der Waals surface area contributed by atoms with Gasteiger partial charge in [-0.1, -0.05) is 6.08 Å². The van der Waals surface area contributed by atoms with Gasteiger partial charge in [-0.25, -0.2) is 9.97 Å². The number of nitrogens with zero attached hydrogens (tertiary/aromatic N) is 2. The van der Waals surface area contributed by atoms with Gasteiger partial charge in [-0.2, -0.15) is 0 Å². The summed E-state index contributed by atoms with van der Waals surface area (Å²) in [6.45, 7) is 0. The lowest BCUT2D eigenvalue weighted by molar-refractivity contribution is 1.07. The predicted octanol–water partition coefficient (Wildman–Crippen LogP) is 1.43. The van der Waals surface area contributed by atoms with Crippen molar-refractivity contribution in [2.24, 2.45) is 5.73 Å². The van der Waals surface area contributed by atoms with Gasteiger partial charge in [-0.05, 0) is 29.8 Å². The molecular formula is C10H9ClN4. The summed E-state index contributed by atoms with van der Waals surface area (Å²) in [6, 6.07) is 1.71. The Morgan fingerprint density at radius 1 is 1.40 bits per heavy atom. The molecule has 0 saturated heterocycles. The summed E-state index contributed by atoms with van der Waals surface area (Å²) < 4.78 is 0. The fourth-order valence-corrected chi connectivity index (χ4v) is 1.33. The highest BCUT2D eigenvalue weighted by atomic mass is 35.5. The van der Waals surface area contributed by atoms with E-state index in [1.807, 2.05) is 18.2 Å². The average molecular weight is 221 g/mol. The number of halogens is 1. The first-order valence-electron chi connectivity index (χ1n) is 4.36. The maximum absolute atomic E-state index is 5.92. The first-order valence-corrected chi connectivity index (χ1v) is 4.73. The van der Waals surface area contributed by atoms with Gasteiger partial charge >= 0.3 is 0 Å². The molecule has 0 fully saturated rings.